The average Bonchev–Trinajstić information content (AvgIpc) is 2.29. The van der Waals surface area contributed by atoms with Crippen molar-refractivity contribution in [3.05, 3.63) is 37.0 Å². The molecule has 0 saturated carbocycles. The lowest BCUT2D eigenvalue weighted by atomic mass is 9.79. The van der Waals surface area contributed by atoms with Crippen LogP contribution in [0.1, 0.15) is 150 Å². The summed E-state index contributed by atoms with van der Waals surface area (Å²) in [7, 11) is 0. The Morgan fingerprint density at radius 1 is 0.602 bits per heavy atom. The molecule has 0 aromatic heterocycles. The van der Waals surface area contributed by atoms with Gasteiger partial charge in [-0.2, -0.15) is 0 Å². The first kappa shape index (κ1) is 58.6. The number of aliphatic hydroxyl groups is 4. The van der Waals surface area contributed by atoms with Gasteiger partial charge in [-0.25, -0.2) is 0 Å². The number of carbonyl (C=O) groups is 1. The molecular formula is C63H92O20. The van der Waals surface area contributed by atoms with Crippen LogP contribution in [-0.2, 0) is 75.8 Å². The first-order valence-electron chi connectivity index (χ1n) is 31.9. The zero-order valence-electron chi connectivity index (χ0n) is 49.0. The number of carbonyl (C=O) groups excluding carboxylic acids is 1. The molecule has 10 bridgehead atoms. The van der Waals surface area contributed by atoms with Crippen molar-refractivity contribution in [1.29, 1.82) is 0 Å². The number of ether oxygens (including phenoxy) is 15. The van der Waals surface area contributed by atoms with E-state index in [1.54, 1.807) is 6.08 Å². The molecule has 31 atom stereocenters. The summed E-state index contributed by atoms with van der Waals surface area (Å²) < 4.78 is 103. The molecule has 14 aliphatic heterocycles. The van der Waals surface area contributed by atoms with Gasteiger partial charge >= 0.3 is 5.97 Å². The minimum Gasteiger partial charge on any atom is -0.459 e. The smallest absolute Gasteiger partial charge is 0.308 e. The highest BCUT2D eigenvalue weighted by atomic mass is 16.8. The third-order valence-corrected chi connectivity index (χ3v) is 22.0. The normalized spacial score (nSPS) is 54.6. The number of hydrogen-bond donors (Lipinski definition) is 4. The fraction of sp³-hybridized carbons (Fsp3) is 0.889. The number of rotatable bonds is 7. The topological polar surface area (TPSA) is 236 Å². The van der Waals surface area contributed by atoms with Crippen LogP contribution >= 0.6 is 0 Å². The Kier molecular flexibility index (Phi) is 15.9. The van der Waals surface area contributed by atoms with Gasteiger partial charge in [-0.1, -0.05) is 46.9 Å². The fourth-order valence-corrected chi connectivity index (χ4v) is 18.1. The van der Waals surface area contributed by atoms with Gasteiger partial charge in [0, 0.05) is 70.1 Å². The van der Waals surface area contributed by atoms with Crippen molar-refractivity contribution < 1.29 is 96.3 Å². The van der Waals surface area contributed by atoms with Gasteiger partial charge in [0.15, 0.2) is 23.1 Å². The third-order valence-electron chi connectivity index (χ3n) is 22.0. The second kappa shape index (κ2) is 22.5. The zero-order valence-corrected chi connectivity index (χ0v) is 49.0. The summed E-state index contributed by atoms with van der Waals surface area (Å²) in [5, 5.41) is 42.5. The Labute approximate surface area is 487 Å². The van der Waals surface area contributed by atoms with Crippen LogP contribution in [0.4, 0.5) is 0 Å². The standard InChI is InChI=1S/C63H92O20/c1-8-15-69-63(68)29-60-14-13-39-17-31(3)41(70-39)11-9-37-16-30(2)34(6)43(71-37)20-46-57(77-53(67)19-38-10-12-42-58(72-38)49(79-60)23-50(73-42)59(63)83-60)35(7)56-47(74-46)22-45-51(76-56)26-62(78-45)27-52-55(82-62)33(5)25-61(81-52)24-32(4)54-48(80-61)21-44(75-54)40(66)18-36(65)28-64/h8,30,32-33,35-52,54-59,64-66,68H,1,3,6,9-29H2,2,4-5,7H3/t30-,32+,33+,35+,36-,37+,38-,39+,40+,41+,42+,43-,44+,45-,46+,47+,48+,49-,50-,51-,52+,54+,55+,56+,57-,58+,59-,60-,61-,62+,63?/m1/s1. The van der Waals surface area contributed by atoms with E-state index in [1.165, 1.54) is 0 Å². The quantitative estimate of drug-likeness (QED) is 0.141. The van der Waals surface area contributed by atoms with Crippen molar-refractivity contribution >= 4 is 5.97 Å². The number of fused-ring (bicyclic) bond motifs is 13. The van der Waals surface area contributed by atoms with E-state index in [1.807, 2.05) is 0 Å². The van der Waals surface area contributed by atoms with Gasteiger partial charge < -0.3 is 91.5 Å². The lowest BCUT2D eigenvalue weighted by molar-refractivity contribution is -0.347. The average molecular weight is 1170 g/mol. The molecule has 14 fully saturated rings. The Morgan fingerprint density at radius 3 is 2.11 bits per heavy atom. The van der Waals surface area contributed by atoms with Crippen LogP contribution in [0, 0.1) is 23.7 Å². The Bertz CT molecular complexity index is 2430. The van der Waals surface area contributed by atoms with Crippen LogP contribution in [0.15, 0.2) is 37.0 Å². The summed E-state index contributed by atoms with van der Waals surface area (Å²) >= 11 is 0. The molecular weight excluding hydrogens is 1080 g/mol. The van der Waals surface area contributed by atoms with Crippen molar-refractivity contribution in [3.63, 3.8) is 0 Å². The molecule has 14 aliphatic rings. The van der Waals surface area contributed by atoms with E-state index < -0.39 is 96.9 Å². The highest BCUT2D eigenvalue weighted by Crippen LogP contribution is 2.57. The third kappa shape index (κ3) is 10.9. The first-order chi connectivity index (χ1) is 39.8. The minimum atomic E-state index is -1.65. The molecule has 3 spiro atoms. The Morgan fingerprint density at radius 2 is 1.29 bits per heavy atom. The Balaban J connectivity index is 0.684. The van der Waals surface area contributed by atoms with Crippen molar-refractivity contribution in [3.8, 4) is 0 Å². The lowest BCUT2D eigenvalue weighted by Crippen LogP contribution is -2.61. The second-order valence-electron chi connectivity index (χ2n) is 28.2. The molecule has 20 nitrogen and oxygen atoms in total. The first-order valence-corrected chi connectivity index (χ1v) is 31.9. The van der Waals surface area contributed by atoms with E-state index in [-0.39, 0.29) is 129 Å². The van der Waals surface area contributed by atoms with Gasteiger partial charge in [0.05, 0.1) is 148 Å². The highest BCUT2D eigenvalue weighted by molar-refractivity contribution is 5.70. The predicted molar refractivity (Wildman–Crippen MR) is 291 cm³/mol. The van der Waals surface area contributed by atoms with Crippen LogP contribution in [0.3, 0.4) is 0 Å². The predicted octanol–water partition coefficient (Wildman–Crippen LogP) is 5.44. The van der Waals surface area contributed by atoms with Crippen molar-refractivity contribution in [1.82, 2.24) is 0 Å². The molecule has 0 aromatic carbocycles. The molecule has 0 radical (unpaired) electrons. The fourth-order valence-electron chi connectivity index (χ4n) is 18.1. The van der Waals surface area contributed by atoms with E-state index >= 15 is 0 Å². The maximum Gasteiger partial charge on any atom is 0.308 e. The van der Waals surface area contributed by atoms with Gasteiger partial charge in [-0.05, 0) is 73.8 Å². The monoisotopic (exact) mass is 1170 g/mol. The van der Waals surface area contributed by atoms with E-state index in [0.29, 0.717) is 83.5 Å². The number of esters is 1. The summed E-state index contributed by atoms with van der Waals surface area (Å²) in [6.07, 6.45) is 1.53. The molecule has 83 heavy (non-hydrogen) atoms. The summed E-state index contributed by atoms with van der Waals surface area (Å²) in [5.74, 6) is -4.93. The minimum absolute atomic E-state index is 0.0249. The molecule has 0 aliphatic carbocycles. The summed E-state index contributed by atoms with van der Waals surface area (Å²) in [5.41, 5.74) is 2.06. The lowest BCUT2D eigenvalue weighted by Gasteiger charge is -2.50. The van der Waals surface area contributed by atoms with Gasteiger partial charge in [-0.3, -0.25) is 4.79 Å². The molecule has 0 amide bonds. The van der Waals surface area contributed by atoms with E-state index in [9.17, 15) is 25.2 Å². The van der Waals surface area contributed by atoms with Gasteiger partial charge in [0.25, 0.3) is 0 Å². The number of aliphatic hydroxyl groups excluding tert-OH is 3. The van der Waals surface area contributed by atoms with Gasteiger partial charge in [0.1, 0.15) is 18.3 Å². The zero-order chi connectivity index (χ0) is 57.5. The second-order valence-corrected chi connectivity index (χ2v) is 28.2. The molecule has 14 heterocycles. The van der Waals surface area contributed by atoms with Crippen LogP contribution in [0.2, 0.25) is 0 Å². The van der Waals surface area contributed by atoms with E-state index in [0.717, 1.165) is 30.4 Å². The maximum atomic E-state index is 14.6. The summed E-state index contributed by atoms with van der Waals surface area (Å²) in [6.45, 7) is 21.3. The summed E-state index contributed by atoms with van der Waals surface area (Å²) in [4.78, 5) is 14.6. The van der Waals surface area contributed by atoms with Crippen LogP contribution < -0.4 is 0 Å². The van der Waals surface area contributed by atoms with Crippen molar-refractivity contribution in [2.75, 3.05) is 13.2 Å². The Hall–Kier alpha value is -2.03. The molecule has 464 valence electrons. The van der Waals surface area contributed by atoms with E-state index in [4.69, 9.17) is 71.1 Å². The molecule has 14 saturated heterocycles. The summed E-state index contributed by atoms with van der Waals surface area (Å²) in [6, 6.07) is 0. The maximum absolute atomic E-state index is 14.6. The van der Waals surface area contributed by atoms with Crippen molar-refractivity contribution in [2.45, 2.75) is 313 Å². The van der Waals surface area contributed by atoms with E-state index in [2.05, 4.69) is 47.4 Å². The van der Waals surface area contributed by atoms with Crippen LogP contribution in [0.5, 0.6) is 0 Å². The largest absolute Gasteiger partial charge is 0.459 e. The molecule has 0 aromatic rings. The van der Waals surface area contributed by atoms with Crippen molar-refractivity contribution in [2.24, 2.45) is 23.7 Å². The van der Waals surface area contributed by atoms with Gasteiger partial charge in [-0.15, -0.1) is 6.58 Å². The number of hydrogen-bond acceptors (Lipinski definition) is 20. The van der Waals surface area contributed by atoms with Gasteiger partial charge in [0.2, 0.25) is 0 Å². The molecule has 14 rings (SSSR count). The van der Waals surface area contributed by atoms with Crippen LogP contribution in [0.25, 0.3) is 0 Å². The van der Waals surface area contributed by atoms with Crippen LogP contribution in [-0.4, -0.2) is 203 Å². The molecule has 20 heteroatoms. The highest BCUT2D eigenvalue weighted by Gasteiger charge is 2.68. The molecule has 1 unspecified atom stereocenters. The molecule has 4 N–H and O–H groups in total. The SMILES string of the molecule is C=CCOC1(O)C[C@]23CC[C@H]4CC(=C)[C@H](CC[C@H]5C[C@@H](C)C(=C)[C@@H](C[C@@H]6O[C@H]7C[C@H]8O[C@@]9(C[C@@H]%10O[C@]%11(C[C@H](C)[C@@H]%12O[C@H]([C@@H](O)C[C@@H](O)CO)C[C@@H]%12O%11)C[C@H](C)[C@@H]%10O9)C[C@H]8O[C@H]7[C@H](C)[C@H]6OC(=O)C[C@H]6CC[C@@H]7O[C@H](C[C@@H](O2)[C@H]7O6)[C@H]1O3)O5)O4.